The van der Waals surface area contributed by atoms with Crippen molar-refractivity contribution in [3.05, 3.63) is 83.7 Å². The van der Waals surface area contributed by atoms with E-state index in [1.54, 1.807) is 0 Å². The minimum absolute atomic E-state index is 0.700. The molecule has 0 saturated heterocycles. The number of benzene rings is 2. The second-order valence-electron chi connectivity index (χ2n) is 7.77. The maximum atomic E-state index is 6.23. The first kappa shape index (κ1) is 17.6. The van der Waals surface area contributed by atoms with Crippen LogP contribution >= 0.6 is 0 Å². The van der Waals surface area contributed by atoms with Gasteiger partial charge in [-0.05, 0) is 50.1 Å². The van der Waals surface area contributed by atoms with Crippen LogP contribution in [-0.2, 0) is 7.05 Å². The van der Waals surface area contributed by atoms with Crippen LogP contribution in [0.5, 0.6) is 0 Å². The largest absolute Gasteiger partial charge is 0.437 e. The Hall–Kier alpha value is -3.46. The van der Waals surface area contributed by atoms with Crippen molar-refractivity contribution in [3.8, 4) is 22.4 Å². The Labute approximate surface area is 170 Å². The van der Waals surface area contributed by atoms with E-state index < -0.39 is 0 Å². The first-order chi connectivity index (χ1) is 14.0. The summed E-state index contributed by atoms with van der Waals surface area (Å²) in [7, 11) is 2.11. The fraction of sp³-hybridized carbons (Fsp3) is 0.154. The van der Waals surface area contributed by atoms with Crippen molar-refractivity contribution in [2.45, 2.75) is 20.8 Å². The average molecular weight is 379 g/mol. The van der Waals surface area contributed by atoms with Crippen molar-refractivity contribution in [3.63, 3.8) is 0 Å². The summed E-state index contributed by atoms with van der Waals surface area (Å²) in [6.45, 7) is 6.31. The fourth-order valence-electron chi connectivity index (χ4n) is 4.14. The van der Waals surface area contributed by atoms with E-state index in [-0.39, 0.29) is 0 Å². The Balaban J connectivity index is 1.74. The molecule has 2 aromatic carbocycles. The van der Waals surface area contributed by atoms with Gasteiger partial charge < -0.3 is 4.42 Å². The predicted molar refractivity (Wildman–Crippen MR) is 118 cm³/mol. The van der Waals surface area contributed by atoms with Gasteiger partial charge in [0.2, 0.25) is 11.4 Å². The summed E-state index contributed by atoms with van der Waals surface area (Å²) in [6.07, 6.45) is 2.21. The fourth-order valence-corrected chi connectivity index (χ4v) is 4.14. The number of furan rings is 1. The molecular weight excluding hydrogens is 356 g/mol. The van der Waals surface area contributed by atoms with Gasteiger partial charge in [-0.1, -0.05) is 36.4 Å². The maximum Gasteiger partial charge on any atom is 0.227 e. The highest BCUT2D eigenvalue weighted by Gasteiger charge is 2.20. The van der Waals surface area contributed by atoms with Crippen LogP contribution in [0.4, 0.5) is 0 Å². The van der Waals surface area contributed by atoms with E-state index in [0.29, 0.717) is 5.71 Å². The van der Waals surface area contributed by atoms with Gasteiger partial charge in [-0.25, -0.2) is 9.55 Å². The van der Waals surface area contributed by atoms with Crippen LogP contribution < -0.4 is 4.57 Å². The summed E-state index contributed by atoms with van der Waals surface area (Å²) in [6, 6.07) is 21.2. The maximum absolute atomic E-state index is 6.23. The Morgan fingerprint density at radius 3 is 2.38 bits per heavy atom. The van der Waals surface area contributed by atoms with E-state index in [0.717, 1.165) is 27.6 Å². The Morgan fingerprint density at radius 2 is 1.55 bits per heavy atom. The molecule has 0 unspecified atom stereocenters. The summed E-state index contributed by atoms with van der Waals surface area (Å²) in [5.41, 5.74) is 9.79. The summed E-state index contributed by atoms with van der Waals surface area (Å²) < 4.78 is 8.43. The molecule has 3 aromatic heterocycles. The Kier molecular flexibility index (Phi) is 3.99. The number of hydrogen-bond donors (Lipinski definition) is 0. The lowest BCUT2D eigenvalue weighted by Gasteiger charge is -2.09. The lowest BCUT2D eigenvalue weighted by atomic mass is 9.97. The van der Waals surface area contributed by atoms with Gasteiger partial charge in [-0.3, -0.25) is 0 Å². The number of aromatic nitrogens is 2. The molecule has 0 spiro atoms. The first-order valence-corrected chi connectivity index (χ1v) is 9.88. The summed E-state index contributed by atoms with van der Waals surface area (Å²) in [5, 5.41) is 2.17. The first-order valence-electron chi connectivity index (χ1n) is 9.88. The highest BCUT2D eigenvalue weighted by molar-refractivity contribution is 6.08. The number of rotatable bonds is 2. The number of nitrogens with zero attached hydrogens (tertiary/aromatic N) is 2. The number of para-hydroxylation sites is 1. The second-order valence-corrected chi connectivity index (χ2v) is 7.77. The number of pyridine rings is 2. The zero-order valence-corrected chi connectivity index (χ0v) is 17.2. The monoisotopic (exact) mass is 379 g/mol. The van der Waals surface area contributed by atoms with Gasteiger partial charge in [0, 0.05) is 33.7 Å². The van der Waals surface area contributed by atoms with Gasteiger partial charge in [0.25, 0.3) is 0 Å². The van der Waals surface area contributed by atoms with Crippen molar-refractivity contribution >= 4 is 22.1 Å². The molecule has 0 fully saturated rings. The molecule has 3 heterocycles. The number of aryl methyl sites for hydroxylation is 4. The third-order valence-corrected chi connectivity index (χ3v) is 5.70. The molecule has 0 N–H and O–H groups in total. The van der Waals surface area contributed by atoms with Crippen LogP contribution in [0.25, 0.3) is 44.5 Å². The van der Waals surface area contributed by atoms with Crippen LogP contribution in [-0.4, -0.2) is 4.98 Å². The average Bonchev–Trinajstić information content (AvgIpc) is 3.07. The van der Waals surface area contributed by atoms with Gasteiger partial charge in [0.15, 0.2) is 6.20 Å². The van der Waals surface area contributed by atoms with Crippen LogP contribution in [0.2, 0.25) is 0 Å². The molecule has 5 aromatic rings. The third-order valence-electron chi connectivity index (χ3n) is 5.70. The normalized spacial score (nSPS) is 11.4. The predicted octanol–water partition coefficient (Wildman–Crippen LogP) is 6.06. The summed E-state index contributed by atoms with van der Waals surface area (Å²) >= 11 is 0. The molecular formula is C26H23N2O+. The molecule has 0 saturated carbocycles. The Morgan fingerprint density at radius 1 is 0.759 bits per heavy atom. The van der Waals surface area contributed by atoms with E-state index in [9.17, 15) is 0 Å². The van der Waals surface area contributed by atoms with E-state index >= 15 is 0 Å². The molecule has 3 heteroatoms. The lowest BCUT2D eigenvalue weighted by molar-refractivity contribution is -0.660. The minimum atomic E-state index is 0.700. The molecule has 0 atom stereocenters. The van der Waals surface area contributed by atoms with Crippen molar-refractivity contribution in [1.29, 1.82) is 0 Å². The molecule has 0 amide bonds. The van der Waals surface area contributed by atoms with Gasteiger partial charge in [0.1, 0.15) is 12.6 Å². The molecule has 5 rings (SSSR count). The minimum Gasteiger partial charge on any atom is -0.437 e. The molecule has 0 aliphatic carbocycles. The molecule has 29 heavy (non-hydrogen) atoms. The van der Waals surface area contributed by atoms with Crippen molar-refractivity contribution in [2.75, 3.05) is 0 Å². The van der Waals surface area contributed by atoms with Gasteiger partial charge in [-0.2, -0.15) is 0 Å². The van der Waals surface area contributed by atoms with Crippen molar-refractivity contribution in [1.82, 2.24) is 4.98 Å². The lowest BCUT2D eigenvalue weighted by Crippen LogP contribution is -2.31. The van der Waals surface area contributed by atoms with Gasteiger partial charge in [-0.15, -0.1) is 0 Å². The zero-order valence-electron chi connectivity index (χ0n) is 17.2. The summed E-state index contributed by atoms with van der Waals surface area (Å²) in [5.74, 6) is 0. The van der Waals surface area contributed by atoms with Crippen LogP contribution in [0.15, 0.2) is 71.3 Å². The number of fused-ring (bicyclic) bond motifs is 3. The molecule has 0 bridgehead atoms. The van der Waals surface area contributed by atoms with E-state index in [1.807, 2.05) is 13.0 Å². The van der Waals surface area contributed by atoms with Gasteiger partial charge in [0.05, 0.1) is 5.56 Å². The molecule has 142 valence electrons. The van der Waals surface area contributed by atoms with Crippen LogP contribution in [0, 0.1) is 20.8 Å². The highest BCUT2D eigenvalue weighted by Crippen LogP contribution is 2.36. The van der Waals surface area contributed by atoms with Crippen LogP contribution in [0.3, 0.4) is 0 Å². The quantitative estimate of drug-likeness (QED) is 0.349. The SMILES string of the molecule is Cc1ccc2c(n1)oc1c(-c3c[n+](C)c(-c4ccccc4C)cc3C)cccc12. The van der Waals surface area contributed by atoms with Crippen molar-refractivity contribution < 1.29 is 8.98 Å². The topological polar surface area (TPSA) is 29.9 Å². The molecule has 0 aliphatic heterocycles. The molecule has 0 radical (unpaired) electrons. The standard InChI is InChI=1S/C26H23N2O/c1-16-8-5-6-9-19(16)24-14-17(2)23(15-28(24)4)21-11-7-10-20-22-13-12-18(3)27-26(22)29-25(20)21/h5-15H,1-4H3/q+1. The zero-order chi connectivity index (χ0) is 20.1. The number of hydrogen-bond acceptors (Lipinski definition) is 2. The van der Waals surface area contributed by atoms with Gasteiger partial charge >= 0.3 is 0 Å². The summed E-state index contributed by atoms with van der Waals surface area (Å²) in [4.78, 5) is 4.58. The highest BCUT2D eigenvalue weighted by atomic mass is 16.3. The van der Waals surface area contributed by atoms with E-state index in [2.05, 4.69) is 91.2 Å². The third kappa shape index (κ3) is 2.82. The van der Waals surface area contributed by atoms with E-state index in [1.165, 1.54) is 27.9 Å². The van der Waals surface area contributed by atoms with Crippen LogP contribution in [0.1, 0.15) is 16.8 Å². The van der Waals surface area contributed by atoms with E-state index in [4.69, 9.17) is 4.42 Å². The smallest absolute Gasteiger partial charge is 0.227 e. The molecule has 0 aliphatic rings. The van der Waals surface area contributed by atoms with Crippen molar-refractivity contribution in [2.24, 2.45) is 7.05 Å². The Bertz CT molecular complexity index is 1400. The second kappa shape index (κ2) is 6.56. The molecule has 3 nitrogen and oxygen atoms in total.